The number of hydrogen-bond donors (Lipinski definition) is 1. The van der Waals surface area contributed by atoms with Crippen molar-refractivity contribution in [1.82, 2.24) is 9.88 Å². The van der Waals surface area contributed by atoms with E-state index in [4.69, 9.17) is 4.74 Å². The van der Waals surface area contributed by atoms with E-state index < -0.39 is 17.8 Å². The molecular formula is C25H24N4O4. The molecule has 1 aliphatic heterocycles. The summed E-state index contributed by atoms with van der Waals surface area (Å²) in [5, 5.41) is 2.25. The number of barbiturate groups is 1. The predicted octanol–water partition coefficient (Wildman–Crippen LogP) is 3.61. The van der Waals surface area contributed by atoms with E-state index in [2.05, 4.69) is 5.32 Å². The molecule has 8 heteroatoms. The summed E-state index contributed by atoms with van der Waals surface area (Å²) in [5.74, 6) is -0.918. The highest BCUT2D eigenvalue weighted by Crippen LogP contribution is 2.26. The first-order chi connectivity index (χ1) is 15.9. The van der Waals surface area contributed by atoms with Crippen LogP contribution < -0.4 is 19.9 Å². The van der Waals surface area contributed by atoms with Crippen LogP contribution in [0, 0.1) is 0 Å². The first kappa shape index (κ1) is 21.9. The number of ether oxygens (including phenoxy) is 1. The summed E-state index contributed by atoms with van der Waals surface area (Å²) >= 11 is 0. The van der Waals surface area contributed by atoms with Gasteiger partial charge in [0.15, 0.2) is 0 Å². The number of amides is 4. The fraction of sp³-hybridized carbons (Fsp3) is 0.160. The number of imide groups is 2. The molecule has 4 amide bonds. The maximum atomic E-state index is 13.2. The van der Waals surface area contributed by atoms with E-state index >= 15 is 0 Å². The standard InChI is InChI=1S/C25H24N4O4/c1-4-33-21-9-5-7-20(15-21)29-24(31)22(23(30)26-25(29)32)16-19-8-6-14-28(19)18-12-10-17(11-13-18)27(2)3/h5-16H,4H2,1-3H3,(H,26,30,32). The van der Waals surface area contributed by atoms with Crippen LogP contribution >= 0.6 is 0 Å². The van der Waals surface area contributed by atoms with Crippen LogP contribution in [0.1, 0.15) is 12.6 Å². The van der Waals surface area contributed by atoms with E-state index in [1.54, 1.807) is 30.3 Å². The van der Waals surface area contributed by atoms with Gasteiger partial charge in [0.05, 0.1) is 12.3 Å². The van der Waals surface area contributed by atoms with Crippen molar-refractivity contribution in [3.05, 3.63) is 78.1 Å². The Morgan fingerprint density at radius 2 is 1.73 bits per heavy atom. The molecule has 2 aromatic carbocycles. The molecule has 1 aromatic heterocycles. The van der Waals surface area contributed by atoms with E-state index in [0.29, 0.717) is 23.7 Å². The number of aromatic nitrogens is 1. The van der Waals surface area contributed by atoms with Crippen molar-refractivity contribution >= 4 is 35.3 Å². The highest BCUT2D eigenvalue weighted by atomic mass is 16.5. The third-order valence-corrected chi connectivity index (χ3v) is 5.21. The van der Waals surface area contributed by atoms with Gasteiger partial charge < -0.3 is 14.2 Å². The van der Waals surface area contributed by atoms with Crippen molar-refractivity contribution in [3.63, 3.8) is 0 Å². The van der Waals surface area contributed by atoms with E-state index in [9.17, 15) is 14.4 Å². The molecule has 8 nitrogen and oxygen atoms in total. The fourth-order valence-electron chi connectivity index (χ4n) is 3.58. The molecule has 1 saturated heterocycles. The molecule has 1 aliphatic rings. The van der Waals surface area contributed by atoms with Gasteiger partial charge in [0, 0.05) is 43.4 Å². The molecule has 0 unspecified atom stereocenters. The summed E-state index contributed by atoms with van der Waals surface area (Å²) in [6.45, 7) is 2.29. The molecule has 2 heterocycles. The van der Waals surface area contributed by atoms with Gasteiger partial charge in [0.25, 0.3) is 11.8 Å². The molecule has 0 aliphatic carbocycles. The van der Waals surface area contributed by atoms with Gasteiger partial charge in [-0.15, -0.1) is 0 Å². The highest BCUT2D eigenvalue weighted by molar-refractivity contribution is 6.39. The van der Waals surface area contributed by atoms with Gasteiger partial charge in [-0.2, -0.15) is 0 Å². The van der Waals surface area contributed by atoms with E-state index in [-0.39, 0.29) is 5.57 Å². The number of rotatable bonds is 6. The summed E-state index contributed by atoms with van der Waals surface area (Å²) in [4.78, 5) is 41.2. The Kier molecular flexibility index (Phi) is 5.99. The summed E-state index contributed by atoms with van der Waals surface area (Å²) in [6.07, 6.45) is 3.33. The molecule has 0 saturated carbocycles. The number of nitrogens with one attached hydrogen (secondary N) is 1. The summed E-state index contributed by atoms with van der Waals surface area (Å²) in [7, 11) is 3.93. The summed E-state index contributed by atoms with van der Waals surface area (Å²) in [5.41, 5.74) is 2.73. The molecule has 168 valence electrons. The van der Waals surface area contributed by atoms with Crippen molar-refractivity contribution < 1.29 is 19.1 Å². The molecule has 0 atom stereocenters. The lowest BCUT2D eigenvalue weighted by Gasteiger charge is -2.26. The molecule has 3 aromatic rings. The van der Waals surface area contributed by atoms with Crippen molar-refractivity contribution in [2.75, 3.05) is 30.5 Å². The second-order valence-electron chi connectivity index (χ2n) is 7.60. The third-order valence-electron chi connectivity index (χ3n) is 5.21. The number of nitrogens with zero attached hydrogens (tertiary/aromatic N) is 3. The van der Waals surface area contributed by atoms with Gasteiger partial charge in [0.2, 0.25) is 0 Å². The average molecular weight is 444 g/mol. The van der Waals surface area contributed by atoms with Crippen LogP contribution in [0.5, 0.6) is 5.75 Å². The quantitative estimate of drug-likeness (QED) is 0.464. The largest absolute Gasteiger partial charge is 0.494 e. The molecule has 1 N–H and O–H groups in total. The van der Waals surface area contributed by atoms with Crippen molar-refractivity contribution in [1.29, 1.82) is 0 Å². The Bertz CT molecular complexity index is 1240. The molecule has 33 heavy (non-hydrogen) atoms. The number of urea groups is 1. The van der Waals surface area contributed by atoms with Crippen LogP contribution in [0.3, 0.4) is 0 Å². The summed E-state index contributed by atoms with van der Waals surface area (Å²) < 4.78 is 7.34. The minimum absolute atomic E-state index is 0.138. The SMILES string of the molecule is CCOc1cccc(N2C(=O)NC(=O)C(=Cc3cccn3-c3ccc(N(C)C)cc3)C2=O)c1. The normalized spacial score (nSPS) is 15.1. The van der Waals surface area contributed by atoms with Gasteiger partial charge in [-0.1, -0.05) is 6.07 Å². The van der Waals surface area contributed by atoms with Gasteiger partial charge in [-0.05, 0) is 61.5 Å². The maximum Gasteiger partial charge on any atom is 0.335 e. The number of hydrogen-bond acceptors (Lipinski definition) is 5. The van der Waals surface area contributed by atoms with Gasteiger partial charge in [-0.25, -0.2) is 9.69 Å². The smallest absolute Gasteiger partial charge is 0.335 e. The van der Waals surface area contributed by atoms with Crippen molar-refractivity contribution in [2.45, 2.75) is 6.92 Å². The van der Waals surface area contributed by atoms with Crippen molar-refractivity contribution in [3.8, 4) is 11.4 Å². The second-order valence-corrected chi connectivity index (χ2v) is 7.60. The van der Waals surface area contributed by atoms with Gasteiger partial charge in [0.1, 0.15) is 11.3 Å². The lowest BCUT2D eigenvalue weighted by Crippen LogP contribution is -2.54. The predicted molar refractivity (Wildman–Crippen MR) is 127 cm³/mol. The molecular weight excluding hydrogens is 420 g/mol. The lowest BCUT2D eigenvalue weighted by molar-refractivity contribution is -0.122. The fourth-order valence-corrected chi connectivity index (χ4v) is 3.58. The van der Waals surface area contributed by atoms with Crippen LogP contribution in [-0.4, -0.2) is 43.1 Å². The maximum absolute atomic E-state index is 13.2. The number of benzene rings is 2. The highest BCUT2D eigenvalue weighted by Gasteiger charge is 2.37. The van der Waals surface area contributed by atoms with E-state index in [1.807, 2.05) is 67.0 Å². The minimum atomic E-state index is -0.801. The zero-order valence-corrected chi connectivity index (χ0v) is 18.6. The van der Waals surface area contributed by atoms with E-state index in [1.165, 1.54) is 6.08 Å². The lowest BCUT2D eigenvalue weighted by atomic mass is 10.1. The Hall–Kier alpha value is -4.33. The van der Waals surface area contributed by atoms with Crippen molar-refractivity contribution in [2.24, 2.45) is 0 Å². The van der Waals surface area contributed by atoms with Crippen LogP contribution in [0.15, 0.2) is 72.4 Å². The van der Waals surface area contributed by atoms with Crippen LogP contribution in [0.4, 0.5) is 16.2 Å². The van der Waals surface area contributed by atoms with E-state index in [0.717, 1.165) is 16.3 Å². The van der Waals surface area contributed by atoms with Crippen LogP contribution in [-0.2, 0) is 9.59 Å². The number of carbonyl (C=O) groups excluding carboxylic acids is 3. The Labute approximate surface area is 191 Å². The van der Waals surface area contributed by atoms with Gasteiger partial charge >= 0.3 is 6.03 Å². The zero-order chi connectivity index (χ0) is 23.5. The molecule has 0 bridgehead atoms. The first-order valence-electron chi connectivity index (χ1n) is 10.5. The third kappa shape index (κ3) is 4.36. The van der Waals surface area contributed by atoms with Crippen LogP contribution in [0.25, 0.3) is 11.8 Å². The molecule has 0 radical (unpaired) electrons. The Morgan fingerprint density at radius 1 is 0.970 bits per heavy atom. The summed E-state index contributed by atoms with van der Waals surface area (Å²) in [6, 6.07) is 17.3. The zero-order valence-electron chi connectivity index (χ0n) is 18.6. The van der Waals surface area contributed by atoms with Crippen LogP contribution in [0.2, 0.25) is 0 Å². The number of anilines is 2. The molecule has 1 fully saturated rings. The minimum Gasteiger partial charge on any atom is -0.494 e. The average Bonchev–Trinajstić information content (AvgIpc) is 3.25. The topological polar surface area (TPSA) is 83.9 Å². The monoisotopic (exact) mass is 444 g/mol. The second kappa shape index (κ2) is 9.04. The first-order valence-corrected chi connectivity index (χ1v) is 10.5. The molecule has 4 rings (SSSR count). The molecule has 0 spiro atoms. The van der Waals surface area contributed by atoms with Gasteiger partial charge in [-0.3, -0.25) is 14.9 Å². The number of carbonyl (C=O) groups is 3. The Morgan fingerprint density at radius 3 is 2.42 bits per heavy atom. The Balaban J connectivity index is 1.69.